The number of alkyl halides is 2. The van der Waals surface area contributed by atoms with E-state index in [4.69, 9.17) is 5.11 Å². The second kappa shape index (κ2) is 5.13. The van der Waals surface area contributed by atoms with Crippen LogP contribution in [0.5, 0.6) is 0 Å². The number of aliphatic hydroxyl groups is 1. The maximum absolute atomic E-state index is 12.7. The van der Waals surface area contributed by atoms with Crippen molar-refractivity contribution in [3.63, 3.8) is 0 Å². The summed E-state index contributed by atoms with van der Waals surface area (Å²) in [5.41, 5.74) is -0.406. The number of carbonyl (C=O) groups is 1. The molecule has 0 aliphatic carbocycles. The van der Waals surface area contributed by atoms with Crippen molar-refractivity contribution in [2.45, 2.75) is 5.92 Å². The summed E-state index contributed by atoms with van der Waals surface area (Å²) >= 11 is 0. The van der Waals surface area contributed by atoms with Crippen molar-refractivity contribution in [3.05, 3.63) is 35.4 Å². The molecule has 1 rings (SSSR count). The van der Waals surface area contributed by atoms with Crippen LogP contribution in [0, 0.1) is 11.6 Å². The number of amides is 1. The summed E-state index contributed by atoms with van der Waals surface area (Å²) in [6.07, 6.45) is 0. The topological polar surface area (TPSA) is 49.3 Å². The molecule has 0 spiro atoms. The normalized spacial score (nSPS) is 11.4. The zero-order valence-electron chi connectivity index (χ0n) is 8.51. The van der Waals surface area contributed by atoms with Crippen molar-refractivity contribution in [1.29, 1.82) is 0 Å². The zero-order chi connectivity index (χ0) is 13.1. The lowest BCUT2D eigenvalue weighted by Gasteiger charge is -2.13. The maximum Gasteiger partial charge on any atom is 0.287 e. The van der Waals surface area contributed by atoms with Crippen LogP contribution in [0.15, 0.2) is 18.2 Å². The van der Waals surface area contributed by atoms with E-state index < -0.39 is 42.2 Å². The van der Waals surface area contributed by atoms with Gasteiger partial charge in [0.05, 0.1) is 6.54 Å². The molecule has 0 saturated carbocycles. The molecule has 0 radical (unpaired) electrons. The summed E-state index contributed by atoms with van der Waals surface area (Å²) in [6.45, 7) is -2.54. The van der Waals surface area contributed by atoms with Crippen LogP contribution in [0.3, 0.4) is 0 Å². The maximum atomic E-state index is 12.7. The van der Waals surface area contributed by atoms with Crippen molar-refractivity contribution in [3.8, 4) is 0 Å². The summed E-state index contributed by atoms with van der Waals surface area (Å²) in [7, 11) is 0. The monoisotopic (exact) mass is 251 g/mol. The van der Waals surface area contributed by atoms with Crippen LogP contribution in [0.25, 0.3) is 0 Å². The number of nitrogens with one attached hydrogen (secondary N) is 1. The van der Waals surface area contributed by atoms with E-state index in [1.165, 1.54) is 0 Å². The Kier molecular flexibility index (Phi) is 4.06. The molecule has 0 heterocycles. The first-order valence-corrected chi connectivity index (χ1v) is 4.57. The number of aliphatic hydroxyl groups excluding tert-OH is 1. The summed E-state index contributed by atoms with van der Waals surface area (Å²) in [4.78, 5) is 11.3. The van der Waals surface area contributed by atoms with E-state index in [-0.39, 0.29) is 0 Å². The third-order valence-corrected chi connectivity index (χ3v) is 1.86. The lowest BCUT2D eigenvalue weighted by Crippen LogP contribution is -2.39. The van der Waals surface area contributed by atoms with Gasteiger partial charge in [-0.1, -0.05) is 0 Å². The fraction of sp³-hybridized carbons (Fsp3) is 0.300. The highest BCUT2D eigenvalue weighted by molar-refractivity contribution is 5.94. The molecule has 94 valence electrons. The van der Waals surface area contributed by atoms with Gasteiger partial charge in [-0.3, -0.25) is 4.79 Å². The Bertz CT molecular complexity index is 403. The highest BCUT2D eigenvalue weighted by Crippen LogP contribution is 2.11. The summed E-state index contributed by atoms with van der Waals surface area (Å²) in [5.74, 6) is -6.48. The molecule has 0 saturated heterocycles. The molecular weight excluding hydrogens is 242 g/mol. The zero-order valence-corrected chi connectivity index (χ0v) is 8.51. The standard InChI is InChI=1S/C10H9F4NO2/c11-7-1-6(2-8(12)3-7)9(17)15-4-10(13,14)5-16/h1-3,16H,4-5H2,(H,15,17). The molecule has 1 aromatic carbocycles. The van der Waals surface area contributed by atoms with Gasteiger partial charge in [-0.05, 0) is 12.1 Å². The van der Waals surface area contributed by atoms with Crippen molar-refractivity contribution >= 4 is 5.91 Å². The first kappa shape index (κ1) is 13.4. The van der Waals surface area contributed by atoms with Gasteiger partial charge in [-0.15, -0.1) is 0 Å². The summed E-state index contributed by atoms with van der Waals surface area (Å²) in [6, 6.07) is 1.99. The Balaban J connectivity index is 2.70. The van der Waals surface area contributed by atoms with Crippen molar-refractivity contribution in [1.82, 2.24) is 5.32 Å². The Morgan fingerprint density at radius 3 is 2.24 bits per heavy atom. The molecular formula is C10H9F4NO2. The van der Waals surface area contributed by atoms with Gasteiger partial charge >= 0.3 is 0 Å². The van der Waals surface area contributed by atoms with E-state index in [0.29, 0.717) is 6.07 Å². The van der Waals surface area contributed by atoms with Crippen LogP contribution in [0.1, 0.15) is 10.4 Å². The van der Waals surface area contributed by atoms with Crippen LogP contribution in [0.4, 0.5) is 17.6 Å². The van der Waals surface area contributed by atoms with E-state index in [1.54, 1.807) is 5.32 Å². The number of benzene rings is 1. The Hall–Kier alpha value is -1.63. The van der Waals surface area contributed by atoms with Crippen molar-refractivity contribution in [2.24, 2.45) is 0 Å². The predicted molar refractivity (Wildman–Crippen MR) is 50.7 cm³/mol. The first-order chi connectivity index (χ1) is 7.84. The molecule has 0 bridgehead atoms. The quantitative estimate of drug-likeness (QED) is 0.793. The third-order valence-electron chi connectivity index (χ3n) is 1.86. The average molecular weight is 251 g/mol. The van der Waals surface area contributed by atoms with E-state index in [9.17, 15) is 22.4 Å². The molecule has 17 heavy (non-hydrogen) atoms. The highest BCUT2D eigenvalue weighted by atomic mass is 19.3. The van der Waals surface area contributed by atoms with Crippen LogP contribution in [0.2, 0.25) is 0 Å². The Labute approximate surface area is 94.1 Å². The highest BCUT2D eigenvalue weighted by Gasteiger charge is 2.28. The molecule has 0 fully saturated rings. The van der Waals surface area contributed by atoms with E-state index in [1.807, 2.05) is 0 Å². The smallest absolute Gasteiger partial charge is 0.287 e. The minimum absolute atomic E-state index is 0.406. The summed E-state index contributed by atoms with van der Waals surface area (Å²) in [5, 5.41) is 10.0. The minimum Gasteiger partial charge on any atom is -0.390 e. The molecule has 0 aliphatic heterocycles. The molecule has 0 aromatic heterocycles. The molecule has 1 amide bonds. The van der Waals surface area contributed by atoms with E-state index in [2.05, 4.69) is 0 Å². The van der Waals surface area contributed by atoms with Crippen molar-refractivity contribution in [2.75, 3.05) is 13.2 Å². The molecule has 0 aliphatic rings. The van der Waals surface area contributed by atoms with Gasteiger partial charge in [0.1, 0.15) is 18.2 Å². The minimum atomic E-state index is -3.47. The summed E-state index contributed by atoms with van der Waals surface area (Å²) < 4.78 is 50.6. The molecule has 2 N–H and O–H groups in total. The van der Waals surface area contributed by atoms with Crippen LogP contribution in [-0.2, 0) is 0 Å². The number of halogens is 4. The second-order valence-electron chi connectivity index (χ2n) is 3.35. The van der Waals surface area contributed by atoms with Gasteiger partial charge in [0.25, 0.3) is 11.8 Å². The Morgan fingerprint density at radius 2 is 1.76 bits per heavy atom. The SMILES string of the molecule is O=C(NCC(F)(F)CO)c1cc(F)cc(F)c1. The number of hydrogen-bond donors (Lipinski definition) is 2. The largest absolute Gasteiger partial charge is 0.390 e. The number of hydrogen-bond acceptors (Lipinski definition) is 2. The van der Waals surface area contributed by atoms with Crippen molar-refractivity contribution < 1.29 is 27.5 Å². The van der Waals surface area contributed by atoms with Gasteiger partial charge in [-0.2, -0.15) is 0 Å². The lowest BCUT2D eigenvalue weighted by atomic mass is 10.2. The first-order valence-electron chi connectivity index (χ1n) is 4.57. The van der Waals surface area contributed by atoms with Crippen LogP contribution in [-0.4, -0.2) is 30.1 Å². The third kappa shape index (κ3) is 4.03. The van der Waals surface area contributed by atoms with Gasteiger partial charge < -0.3 is 10.4 Å². The Morgan fingerprint density at radius 1 is 1.24 bits per heavy atom. The van der Waals surface area contributed by atoms with Gasteiger partial charge in [0.15, 0.2) is 0 Å². The predicted octanol–water partition coefficient (Wildman–Crippen LogP) is 1.32. The van der Waals surface area contributed by atoms with Crippen LogP contribution < -0.4 is 5.32 Å². The van der Waals surface area contributed by atoms with Crippen LogP contribution >= 0.6 is 0 Å². The van der Waals surface area contributed by atoms with E-state index >= 15 is 0 Å². The second-order valence-corrected chi connectivity index (χ2v) is 3.35. The molecule has 3 nitrogen and oxygen atoms in total. The molecule has 0 atom stereocenters. The van der Waals surface area contributed by atoms with Gasteiger partial charge in [0.2, 0.25) is 0 Å². The molecule has 7 heteroatoms. The fourth-order valence-electron chi connectivity index (χ4n) is 1.05. The van der Waals surface area contributed by atoms with Gasteiger partial charge in [-0.25, -0.2) is 17.6 Å². The molecule has 1 aromatic rings. The fourth-order valence-corrected chi connectivity index (χ4v) is 1.05. The number of carbonyl (C=O) groups excluding carboxylic acids is 1. The van der Waals surface area contributed by atoms with Gasteiger partial charge in [0, 0.05) is 11.6 Å². The van der Waals surface area contributed by atoms with E-state index in [0.717, 1.165) is 12.1 Å². The molecule has 0 unspecified atom stereocenters. The average Bonchev–Trinajstić information content (AvgIpc) is 2.24. The lowest BCUT2D eigenvalue weighted by molar-refractivity contribution is -0.0462. The number of rotatable bonds is 4.